The second kappa shape index (κ2) is 9.76. The van der Waals surface area contributed by atoms with Gasteiger partial charge < -0.3 is 10.1 Å². The Bertz CT molecular complexity index is 822. The summed E-state index contributed by atoms with van der Waals surface area (Å²) in [6, 6.07) is 19.4. The molecule has 2 aliphatic heterocycles. The first-order valence-electron chi connectivity index (χ1n) is 11.3. The fourth-order valence-electron chi connectivity index (χ4n) is 4.94. The molecule has 0 atom stereocenters. The summed E-state index contributed by atoms with van der Waals surface area (Å²) in [5.74, 6) is 0.360. The van der Waals surface area contributed by atoms with E-state index in [0.29, 0.717) is 6.54 Å². The number of hydrogen-bond acceptors (Lipinski definition) is 3. The summed E-state index contributed by atoms with van der Waals surface area (Å²) in [7, 11) is 0. The lowest BCUT2D eigenvalue weighted by Gasteiger charge is -2.38. The minimum Gasteiger partial charge on any atom is -0.381 e. The fraction of sp³-hybridized carbons (Fsp3) is 0.500. The van der Waals surface area contributed by atoms with Gasteiger partial charge in [-0.2, -0.15) is 0 Å². The monoisotopic (exact) mass is 406 g/mol. The number of aryl methyl sites for hydroxylation is 1. The zero-order chi connectivity index (χ0) is 20.8. The van der Waals surface area contributed by atoms with Gasteiger partial charge in [0.05, 0.1) is 0 Å². The molecular weight excluding hydrogens is 372 g/mol. The van der Waals surface area contributed by atoms with Crippen molar-refractivity contribution < 1.29 is 9.53 Å². The van der Waals surface area contributed by atoms with Crippen LogP contribution in [0.1, 0.15) is 42.4 Å². The van der Waals surface area contributed by atoms with Crippen molar-refractivity contribution in [3.63, 3.8) is 0 Å². The summed E-state index contributed by atoms with van der Waals surface area (Å²) in [6.45, 7) is 7.34. The Balaban J connectivity index is 1.30. The Morgan fingerprint density at radius 3 is 2.50 bits per heavy atom. The molecule has 2 saturated heterocycles. The van der Waals surface area contributed by atoms with Crippen LogP contribution in [0.4, 0.5) is 0 Å². The first kappa shape index (κ1) is 21.1. The van der Waals surface area contributed by atoms with Gasteiger partial charge in [-0.25, -0.2) is 0 Å². The number of benzene rings is 2. The van der Waals surface area contributed by atoms with Gasteiger partial charge in [0.1, 0.15) is 0 Å². The lowest BCUT2D eigenvalue weighted by atomic mass is 9.74. The lowest BCUT2D eigenvalue weighted by Crippen LogP contribution is -2.47. The van der Waals surface area contributed by atoms with Crippen molar-refractivity contribution in [2.45, 2.75) is 44.6 Å². The van der Waals surface area contributed by atoms with E-state index in [4.69, 9.17) is 4.74 Å². The number of piperidine rings is 1. The molecule has 4 rings (SSSR count). The minimum absolute atomic E-state index is 0.00103. The van der Waals surface area contributed by atoms with E-state index in [2.05, 4.69) is 71.7 Å². The smallest absolute Gasteiger partial charge is 0.223 e. The van der Waals surface area contributed by atoms with Gasteiger partial charge in [-0.1, -0.05) is 60.2 Å². The Hall–Kier alpha value is -2.17. The molecule has 2 aromatic rings. The van der Waals surface area contributed by atoms with E-state index < -0.39 is 0 Å². The molecule has 0 bridgehead atoms. The largest absolute Gasteiger partial charge is 0.381 e. The van der Waals surface area contributed by atoms with E-state index in [1.165, 1.54) is 16.7 Å². The molecule has 2 heterocycles. The van der Waals surface area contributed by atoms with Crippen LogP contribution in [0.2, 0.25) is 0 Å². The molecule has 2 aliphatic rings. The highest BCUT2D eigenvalue weighted by Crippen LogP contribution is 2.34. The van der Waals surface area contributed by atoms with Crippen LogP contribution in [0.25, 0.3) is 0 Å². The average Bonchev–Trinajstić information content (AvgIpc) is 2.79. The van der Waals surface area contributed by atoms with Gasteiger partial charge in [-0.15, -0.1) is 0 Å². The van der Waals surface area contributed by atoms with E-state index in [1.807, 2.05) is 0 Å². The number of hydrogen-bond donors (Lipinski definition) is 1. The van der Waals surface area contributed by atoms with Crippen LogP contribution in [-0.4, -0.2) is 43.7 Å². The summed E-state index contributed by atoms with van der Waals surface area (Å²) in [5.41, 5.74) is 3.99. The van der Waals surface area contributed by atoms with Crippen LogP contribution in [0, 0.1) is 12.8 Å². The summed E-state index contributed by atoms with van der Waals surface area (Å²) >= 11 is 0. The van der Waals surface area contributed by atoms with Crippen LogP contribution < -0.4 is 5.32 Å². The van der Waals surface area contributed by atoms with Crippen molar-refractivity contribution >= 4 is 5.91 Å². The molecule has 4 heteroatoms. The van der Waals surface area contributed by atoms with Crippen molar-refractivity contribution in [3.8, 4) is 0 Å². The minimum atomic E-state index is 0.00103. The van der Waals surface area contributed by atoms with Crippen LogP contribution >= 0.6 is 0 Å². The van der Waals surface area contributed by atoms with E-state index in [9.17, 15) is 4.79 Å². The van der Waals surface area contributed by atoms with Crippen LogP contribution in [0.3, 0.4) is 0 Å². The Kier molecular flexibility index (Phi) is 6.86. The zero-order valence-corrected chi connectivity index (χ0v) is 18.1. The first-order chi connectivity index (χ1) is 14.6. The molecular formula is C26H34N2O2. The molecule has 1 N–H and O–H groups in total. The second-order valence-electron chi connectivity index (χ2n) is 9.02. The van der Waals surface area contributed by atoms with Gasteiger partial charge in [0.2, 0.25) is 5.91 Å². The lowest BCUT2D eigenvalue weighted by molar-refractivity contribution is -0.127. The van der Waals surface area contributed by atoms with Gasteiger partial charge in [0, 0.05) is 37.6 Å². The standard InChI is InChI=1S/C26H34N2O2/c1-21-6-5-7-22(18-21)19-28-14-10-23(11-15-28)25(29)27-20-26(12-16-30-17-13-26)24-8-3-2-4-9-24/h2-9,18,23H,10-17,19-20H2,1H3,(H,27,29). The summed E-state index contributed by atoms with van der Waals surface area (Å²) < 4.78 is 5.62. The normalized spacial score (nSPS) is 20.0. The molecule has 4 nitrogen and oxygen atoms in total. The highest BCUT2D eigenvalue weighted by Gasteiger charge is 2.35. The number of nitrogens with one attached hydrogen (secondary N) is 1. The molecule has 0 unspecified atom stereocenters. The molecule has 0 saturated carbocycles. The number of nitrogens with zero attached hydrogens (tertiary/aromatic N) is 1. The number of ether oxygens (including phenoxy) is 1. The predicted octanol–water partition coefficient (Wildman–Crippen LogP) is 4.07. The Morgan fingerprint density at radius 1 is 1.07 bits per heavy atom. The SMILES string of the molecule is Cc1cccc(CN2CCC(C(=O)NCC3(c4ccccc4)CCOCC3)CC2)c1. The third-order valence-electron chi connectivity index (χ3n) is 6.88. The molecule has 160 valence electrons. The average molecular weight is 407 g/mol. The van der Waals surface area contributed by atoms with Crippen molar-refractivity contribution in [1.29, 1.82) is 0 Å². The number of carbonyl (C=O) groups is 1. The fourth-order valence-corrected chi connectivity index (χ4v) is 4.94. The highest BCUT2D eigenvalue weighted by atomic mass is 16.5. The van der Waals surface area contributed by atoms with Gasteiger partial charge >= 0.3 is 0 Å². The van der Waals surface area contributed by atoms with Crippen LogP contribution in [0.15, 0.2) is 54.6 Å². The zero-order valence-electron chi connectivity index (χ0n) is 18.1. The van der Waals surface area contributed by atoms with Crippen molar-refractivity contribution in [1.82, 2.24) is 10.2 Å². The van der Waals surface area contributed by atoms with Gasteiger partial charge in [0.25, 0.3) is 0 Å². The molecule has 2 aromatic carbocycles. The van der Waals surface area contributed by atoms with E-state index in [0.717, 1.165) is 58.5 Å². The quantitative estimate of drug-likeness (QED) is 0.786. The number of carbonyl (C=O) groups excluding carboxylic acids is 1. The number of likely N-dealkylation sites (tertiary alicyclic amines) is 1. The van der Waals surface area contributed by atoms with Crippen LogP contribution in [0.5, 0.6) is 0 Å². The third-order valence-corrected chi connectivity index (χ3v) is 6.88. The molecule has 30 heavy (non-hydrogen) atoms. The molecule has 0 radical (unpaired) electrons. The van der Waals surface area contributed by atoms with Gasteiger partial charge in [0.15, 0.2) is 0 Å². The molecule has 0 aromatic heterocycles. The topological polar surface area (TPSA) is 41.6 Å². The number of amides is 1. The van der Waals surface area contributed by atoms with Crippen molar-refractivity contribution in [2.75, 3.05) is 32.8 Å². The van der Waals surface area contributed by atoms with Crippen molar-refractivity contribution in [3.05, 3.63) is 71.3 Å². The van der Waals surface area contributed by atoms with Gasteiger partial charge in [-0.05, 0) is 56.8 Å². The molecule has 2 fully saturated rings. The van der Waals surface area contributed by atoms with E-state index >= 15 is 0 Å². The van der Waals surface area contributed by atoms with Crippen molar-refractivity contribution in [2.24, 2.45) is 5.92 Å². The van der Waals surface area contributed by atoms with E-state index in [-0.39, 0.29) is 17.2 Å². The first-order valence-corrected chi connectivity index (χ1v) is 11.3. The Labute approximate surface area is 180 Å². The molecule has 1 amide bonds. The van der Waals surface area contributed by atoms with Crippen LogP contribution in [-0.2, 0) is 21.5 Å². The maximum Gasteiger partial charge on any atom is 0.223 e. The highest BCUT2D eigenvalue weighted by molar-refractivity contribution is 5.78. The summed E-state index contributed by atoms with van der Waals surface area (Å²) in [5, 5.41) is 3.32. The maximum absolute atomic E-state index is 13.0. The summed E-state index contributed by atoms with van der Waals surface area (Å²) in [6.07, 6.45) is 3.82. The second-order valence-corrected chi connectivity index (χ2v) is 9.02. The third kappa shape index (κ3) is 5.11. The predicted molar refractivity (Wildman–Crippen MR) is 120 cm³/mol. The molecule has 0 aliphatic carbocycles. The van der Waals surface area contributed by atoms with Gasteiger partial charge in [-0.3, -0.25) is 9.69 Å². The van der Waals surface area contributed by atoms with E-state index in [1.54, 1.807) is 0 Å². The molecule has 0 spiro atoms. The number of rotatable bonds is 6. The Morgan fingerprint density at radius 2 is 1.80 bits per heavy atom. The maximum atomic E-state index is 13.0. The summed E-state index contributed by atoms with van der Waals surface area (Å²) in [4.78, 5) is 15.4.